The highest BCUT2D eigenvalue weighted by molar-refractivity contribution is 5.88. The number of cyclic esters (lactones) is 1. The van der Waals surface area contributed by atoms with Crippen LogP contribution in [0.1, 0.15) is 78.7 Å². The van der Waals surface area contributed by atoms with Gasteiger partial charge < -0.3 is 9.84 Å². The standard InChI is InChI=1S/C34H30F7NO4/c1-18-29(22-12-24(33(36,37)38)15-25(13-22)34(39,40)41)46-31(45)42(18)17-23-16-32(2,3)11-10-26(23)21-8-9-28(35)27(14-21)19-4-6-20(7-5-19)30(43)44/h4-9,12-15,18,29H,10-11,16-17H2,1-3H3,(H,43,44)/t18-,29?/m0/s1. The summed E-state index contributed by atoms with van der Waals surface area (Å²) in [5.41, 5.74) is -0.538. The fourth-order valence-electron chi connectivity index (χ4n) is 6.15. The highest BCUT2D eigenvalue weighted by Gasteiger charge is 2.44. The first kappa shape index (κ1) is 33.0. The quantitative estimate of drug-likeness (QED) is 0.270. The number of carboxylic acids is 1. The number of hydrogen-bond acceptors (Lipinski definition) is 3. The van der Waals surface area contributed by atoms with E-state index in [1.165, 1.54) is 42.2 Å². The van der Waals surface area contributed by atoms with Crippen molar-refractivity contribution in [1.82, 2.24) is 4.90 Å². The zero-order valence-corrected chi connectivity index (χ0v) is 25.0. The molecule has 244 valence electrons. The number of hydrogen-bond donors (Lipinski definition) is 1. The fourth-order valence-corrected chi connectivity index (χ4v) is 6.15. The number of aromatic carboxylic acids is 1. The second-order valence-electron chi connectivity index (χ2n) is 12.5. The van der Waals surface area contributed by atoms with E-state index < -0.39 is 59.1 Å². The van der Waals surface area contributed by atoms with Crippen molar-refractivity contribution in [3.05, 3.63) is 99.9 Å². The first-order valence-corrected chi connectivity index (χ1v) is 14.5. The summed E-state index contributed by atoms with van der Waals surface area (Å²) in [5.74, 6) is -1.64. The van der Waals surface area contributed by atoms with Crippen molar-refractivity contribution in [2.45, 2.75) is 64.5 Å². The molecule has 1 fully saturated rings. The highest BCUT2D eigenvalue weighted by Crippen LogP contribution is 2.45. The number of carbonyl (C=O) groups excluding carboxylic acids is 1. The average Bonchev–Trinajstić information content (AvgIpc) is 3.24. The van der Waals surface area contributed by atoms with Crippen LogP contribution >= 0.6 is 0 Å². The molecular formula is C34H30F7NO4. The van der Waals surface area contributed by atoms with Gasteiger partial charge >= 0.3 is 24.4 Å². The van der Waals surface area contributed by atoms with Crippen LogP contribution in [0.25, 0.3) is 16.7 Å². The lowest BCUT2D eigenvalue weighted by atomic mass is 9.72. The van der Waals surface area contributed by atoms with Gasteiger partial charge in [0.1, 0.15) is 11.9 Å². The molecule has 1 aliphatic carbocycles. The summed E-state index contributed by atoms with van der Waals surface area (Å²) >= 11 is 0. The van der Waals surface area contributed by atoms with Crippen LogP contribution in [0, 0.1) is 11.2 Å². The largest absolute Gasteiger partial charge is 0.478 e. The number of alkyl halides is 6. The molecule has 0 bridgehead atoms. The van der Waals surface area contributed by atoms with E-state index in [9.17, 15) is 45.4 Å². The molecule has 3 aromatic rings. The molecule has 1 amide bonds. The Labute approximate surface area is 260 Å². The van der Waals surface area contributed by atoms with Crippen LogP contribution in [0.5, 0.6) is 0 Å². The Morgan fingerprint density at radius 3 is 2.09 bits per heavy atom. The fraction of sp³-hybridized carbons (Fsp3) is 0.353. The van der Waals surface area contributed by atoms with E-state index in [1.807, 2.05) is 13.8 Å². The van der Waals surface area contributed by atoms with Gasteiger partial charge in [-0.25, -0.2) is 14.0 Å². The van der Waals surface area contributed by atoms with Crippen LogP contribution in [0.15, 0.2) is 66.2 Å². The van der Waals surface area contributed by atoms with E-state index in [0.717, 1.165) is 17.6 Å². The molecule has 46 heavy (non-hydrogen) atoms. The molecule has 1 unspecified atom stereocenters. The normalized spacial score (nSPS) is 20.2. The third-order valence-corrected chi connectivity index (χ3v) is 8.62. The van der Waals surface area contributed by atoms with Gasteiger partial charge in [-0.15, -0.1) is 0 Å². The van der Waals surface area contributed by atoms with Gasteiger partial charge in [0.2, 0.25) is 0 Å². The lowest BCUT2D eigenvalue weighted by Gasteiger charge is -2.35. The van der Waals surface area contributed by atoms with Crippen molar-refractivity contribution < 1.29 is 50.2 Å². The van der Waals surface area contributed by atoms with E-state index in [1.54, 1.807) is 12.1 Å². The van der Waals surface area contributed by atoms with Crippen molar-refractivity contribution >= 4 is 17.6 Å². The van der Waals surface area contributed by atoms with Gasteiger partial charge in [0.25, 0.3) is 0 Å². The number of benzene rings is 3. The van der Waals surface area contributed by atoms with Gasteiger partial charge in [-0.3, -0.25) is 4.90 Å². The monoisotopic (exact) mass is 649 g/mol. The van der Waals surface area contributed by atoms with E-state index in [-0.39, 0.29) is 29.2 Å². The molecule has 12 heteroatoms. The molecule has 1 saturated heterocycles. The molecule has 0 spiro atoms. The third-order valence-electron chi connectivity index (χ3n) is 8.62. The minimum Gasteiger partial charge on any atom is -0.478 e. The maximum absolute atomic E-state index is 15.0. The van der Waals surface area contributed by atoms with Crippen molar-refractivity contribution in [2.75, 3.05) is 6.54 Å². The van der Waals surface area contributed by atoms with Gasteiger partial charge in [0, 0.05) is 12.1 Å². The molecule has 2 aliphatic rings. The number of amides is 1. The molecule has 1 heterocycles. The van der Waals surface area contributed by atoms with E-state index in [2.05, 4.69) is 0 Å². The minimum absolute atomic E-state index is 0.000368. The van der Waals surface area contributed by atoms with Crippen molar-refractivity contribution in [3.63, 3.8) is 0 Å². The van der Waals surface area contributed by atoms with Gasteiger partial charge in [-0.1, -0.05) is 32.0 Å². The van der Waals surface area contributed by atoms with Crippen LogP contribution in [-0.4, -0.2) is 34.7 Å². The number of allylic oxidation sites excluding steroid dienone is 1. The topological polar surface area (TPSA) is 66.8 Å². The number of halogens is 7. The molecule has 5 nitrogen and oxygen atoms in total. The number of carboxylic acid groups (broad SMARTS) is 1. The first-order chi connectivity index (χ1) is 21.3. The first-order valence-electron chi connectivity index (χ1n) is 14.5. The SMILES string of the molecule is C[C@H]1C(c2cc(C(F)(F)F)cc(C(F)(F)F)c2)OC(=O)N1CC1=C(c2ccc(F)c(-c3ccc(C(=O)O)cc3)c2)CCC(C)(C)C1. The van der Waals surface area contributed by atoms with Gasteiger partial charge in [0.05, 0.1) is 22.7 Å². The Morgan fingerprint density at radius 2 is 1.52 bits per heavy atom. The van der Waals surface area contributed by atoms with Crippen molar-refractivity contribution in [1.29, 1.82) is 0 Å². The maximum atomic E-state index is 15.0. The maximum Gasteiger partial charge on any atom is 0.416 e. The second kappa shape index (κ2) is 11.8. The number of rotatable bonds is 6. The predicted octanol–water partition coefficient (Wildman–Crippen LogP) is 9.77. The molecule has 0 radical (unpaired) electrons. The van der Waals surface area contributed by atoms with Crippen LogP contribution in [0.3, 0.4) is 0 Å². The van der Waals surface area contributed by atoms with E-state index in [0.29, 0.717) is 36.1 Å². The lowest BCUT2D eigenvalue weighted by Crippen LogP contribution is -2.35. The molecule has 3 aromatic carbocycles. The second-order valence-corrected chi connectivity index (χ2v) is 12.5. The highest BCUT2D eigenvalue weighted by atomic mass is 19.4. The summed E-state index contributed by atoms with van der Waals surface area (Å²) in [6.07, 6.45) is -10.5. The Bertz CT molecular complexity index is 1680. The predicted molar refractivity (Wildman–Crippen MR) is 155 cm³/mol. The Hall–Kier alpha value is -4.35. The smallest absolute Gasteiger partial charge is 0.416 e. The summed E-state index contributed by atoms with van der Waals surface area (Å²) in [6, 6.07) is 10.6. The Balaban J connectivity index is 1.51. The van der Waals surface area contributed by atoms with Crippen LogP contribution in [-0.2, 0) is 17.1 Å². The molecule has 1 N–H and O–H groups in total. The summed E-state index contributed by atoms with van der Waals surface area (Å²) in [4.78, 5) is 25.7. The lowest BCUT2D eigenvalue weighted by molar-refractivity contribution is -0.143. The molecule has 0 aromatic heterocycles. The van der Waals surface area contributed by atoms with E-state index >= 15 is 0 Å². The Morgan fingerprint density at radius 1 is 0.935 bits per heavy atom. The number of nitrogens with zero attached hydrogens (tertiary/aromatic N) is 1. The van der Waals surface area contributed by atoms with Crippen LogP contribution in [0.2, 0.25) is 0 Å². The van der Waals surface area contributed by atoms with Gasteiger partial charge in [0.15, 0.2) is 0 Å². The summed E-state index contributed by atoms with van der Waals surface area (Å²) in [6.45, 7) is 5.59. The van der Waals surface area contributed by atoms with Crippen molar-refractivity contribution in [3.8, 4) is 11.1 Å². The minimum atomic E-state index is -5.05. The average molecular weight is 650 g/mol. The Kier molecular flexibility index (Phi) is 8.46. The molecular weight excluding hydrogens is 619 g/mol. The van der Waals surface area contributed by atoms with Gasteiger partial charge in [-0.2, -0.15) is 26.3 Å². The van der Waals surface area contributed by atoms with Crippen LogP contribution < -0.4 is 0 Å². The number of carbonyl (C=O) groups is 2. The molecule has 0 saturated carbocycles. The summed E-state index contributed by atoms with van der Waals surface area (Å²) in [5, 5.41) is 9.20. The zero-order valence-electron chi connectivity index (χ0n) is 25.0. The summed E-state index contributed by atoms with van der Waals surface area (Å²) in [7, 11) is 0. The number of ether oxygens (including phenoxy) is 1. The van der Waals surface area contributed by atoms with E-state index in [4.69, 9.17) is 4.74 Å². The van der Waals surface area contributed by atoms with Gasteiger partial charge in [-0.05, 0) is 102 Å². The zero-order chi connectivity index (χ0) is 33.8. The van der Waals surface area contributed by atoms with Crippen LogP contribution in [0.4, 0.5) is 35.5 Å². The van der Waals surface area contributed by atoms with Crippen molar-refractivity contribution in [2.24, 2.45) is 5.41 Å². The summed E-state index contributed by atoms with van der Waals surface area (Å²) < 4.78 is 102. The molecule has 5 rings (SSSR count). The molecule has 1 aliphatic heterocycles. The third kappa shape index (κ3) is 6.75. The molecule has 2 atom stereocenters.